The third kappa shape index (κ3) is 5.54. The quantitative estimate of drug-likeness (QED) is 0.566. The third-order valence-electron chi connectivity index (χ3n) is 2.38. The second-order valence-corrected chi connectivity index (χ2v) is 3.56. The molecule has 0 atom stereocenters. The van der Waals surface area contributed by atoms with E-state index in [1.807, 2.05) is 0 Å². The average molecular weight is 202 g/mol. The van der Waals surface area contributed by atoms with E-state index in [4.69, 9.17) is 15.2 Å². The molecule has 0 unspecified atom stereocenters. The van der Waals surface area contributed by atoms with Crippen molar-refractivity contribution in [3.05, 3.63) is 0 Å². The number of nitrogens with two attached hydrogens (primary N) is 1. The lowest BCUT2D eigenvalue weighted by Gasteiger charge is -2.14. The molecular formula is C10H22N2O2. The largest absolute Gasteiger partial charge is 0.378 e. The van der Waals surface area contributed by atoms with Crippen LogP contribution >= 0.6 is 0 Å². The Morgan fingerprint density at radius 2 is 1.57 bits per heavy atom. The van der Waals surface area contributed by atoms with Crippen molar-refractivity contribution in [2.45, 2.75) is 12.8 Å². The van der Waals surface area contributed by atoms with Gasteiger partial charge >= 0.3 is 0 Å². The molecule has 1 heterocycles. The van der Waals surface area contributed by atoms with E-state index in [0.29, 0.717) is 26.4 Å². The summed E-state index contributed by atoms with van der Waals surface area (Å²) >= 11 is 0. The monoisotopic (exact) mass is 202 g/mol. The van der Waals surface area contributed by atoms with Gasteiger partial charge in [-0.15, -0.1) is 0 Å². The molecule has 1 fully saturated rings. The Bertz CT molecular complexity index is 127. The Balaban J connectivity index is 1.75. The van der Waals surface area contributed by atoms with Gasteiger partial charge in [0.05, 0.1) is 26.4 Å². The van der Waals surface area contributed by atoms with Crippen LogP contribution in [0.15, 0.2) is 0 Å². The molecular weight excluding hydrogens is 180 g/mol. The number of ether oxygens (including phenoxy) is 2. The predicted molar refractivity (Wildman–Crippen MR) is 56.4 cm³/mol. The first-order chi connectivity index (χ1) is 6.93. The summed E-state index contributed by atoms with van der Waals surface area (Å²) in [7, 11) is 0. The van der Waals surface area contributed by atoms with Crippen LogP contribution < -0.4 is 5.73 Å². The van der Waals surface area contributed by atoms with Gasteiger partial charge in [0, 0.05) is 13.1 Å². The normalized spacial score (nSPS) is 17.8. The van der Waals surface area contributed by atoms with Crippen LogP contribution in [0, 0.1) is 0 Å². The van der Waals surface area contributed by atoms with Gasteiger partial charge in [-0.3, -0.25) is 0 Å². The van der Waals surface area contributed by atoms with Gasteiger partial charge in [-0.25, -0.2) is 0 Å². The smallest absolute Gasteiger partial charge is 0.0701 e. The van der Waals surface area contributed by atoms with Gasteiger partial charge in [0.1, 0.15) is 0 Å². The van der Waals surface area contributed by atoms with Crippen LogP contribution in [0.1, 0.15) is 12.8 Å². The number of hydrogen-bond donors (Lipinski definition) is 1. The van der Waals surface area contributed by atoms with E-state index in [9.17, 15) is 0 Å². The number of nitrogens with zero attached hydrogens (tertiary/aromatic N) is 1. The molecule has 1 rings (SSSR count). The molecule has 4 nitrogen and oxygen atoms in total. The molecule has 1 saturated heterocycles. The number of rotatable bonds is 8. The molecule has 84 valence electrons. The van der Waals surface area contributed by atoms with Crippen LogP contribution in [0.3, 0.4) is 0 Å². The van der Waals surface area contributed by atoms with E-state index >= 15 is 0 Å². The first-order valence-electron chi connectivity index (χ1n) is 5.51. The average Bonchev–Trinajstić information content (AvgIpc) is 2.69. The summed E-state index contributed by atoms with van der Waals surface area (Å²) < 4.78 is 10.6. The van der Waals surface area contributed by atoms with Crippen molar-refractivity contribution in [2.75, 3.05) is 52.6 Å². The van der Waals surface area contributed by atoms with Gasteiger partial charge in [0.2, 0.25) is 0 Å². The second kappa shape index (κ2) is 8.17. The van der Waals surface area contributed by atoms with Gasteiger partial charge < -0.3 is 20.1 Å². The summed E-state index contributed by atoms with van der Waals surface area (Å²) in [5.74, 6) is 0. The molecule has 0 spiro atoms. The van der Waals surface area contributed by atoms with Gasteiger partial charge in [0.15, 0.2) is 0 Å². The SMILES string of the molecule is NCCOCCOCCN1CCCC1. The van der Waals surface area contributed by atoms with E-state index in [2.05, 4.69) is 4.90 Å². The minimum atomic E-state index is 0.591. The summed E-state index contributed by atoms with van der Waals surface area (Å²) in [6, 6.07) is 0. The van der Waals surface area contributed by atoms with E-state index in [-0.39, 0.29) is 0 Å². The van der Waals surface area contributed by atoms with Crippen LogP contribution in [0.4, 0.5) is 0 Å². The van der Waals surface area contributed by atoms with Gasteiger partial charge in [-0.05, 0) is 25.9 Å². The zero-order valence-corrected chi connectivity index (χ0v) is 8.91. The summed E-state index contributed by atoms with van der Waals surface area (Å²) in [6.45, 7) is 6.96. The molecule has 0 saturated carbocycles. The highest BCUT2D eigenvalue weighted by atomic mass is 16.5. The lowest BCUT2D eigenvalue weighted by molar-refractivity contribution is 0.0433. The highest BCUT2D eigenvalue weighted by Crippen LogP contribution is 2.05. The Kier molecular flexibility index (Phi) is 6.95. The molecule has 0 aromatic heterocycles. The van der Waals surface area contributed by atoms with Gasteiger partial charge in [0.25, 0.3) is 0 Å². The molecule has 4 heteroatoms. The van der Waals surface area contributed by atoms with Crippen molar-refractivity contribution < 1.29 is 9.47 Å². The molecule has 0 amide bonds. The first-order valence-corrected chi connectivity index (χ1v) is 5.51. The van der Waals surface area contributed by atoms with E-state index in [1.165, 1.54) is 25.9 Å². The Morgan fingerprint density at radius 1 is 0.929 bits per heavy atom. The number of hydrogen-bond acceptors (Lipinski definition) is 4. The van der Waals surface area contributed by atoms with Crippen molar-refractivity contribution in [2.24, 2.45) is 5.73 Å². The fourth-order valence-corrected chi connectivity index (χ4v) is 1.61. The fourth-order valence-electron chi connectivity index (χ4n) is 1.61. The lowest BCUT2D eigenvalue weighted by atomic mass is 10.4. The predicted octanol–water partition coefficient (Wildman–Crippen LogP) is 0.0741. The van der Waals surface area contributed by atoms with Crippen molar-refractivity contribution in [3.63, 3.8) is 0 Å². The Hall–Kier alpha value is -0.160. The molecule has 1 aliphatic rings. The standard InChI is InChI=1S/C10H22N2O2/c11-3-7-13-9-10-14-8-6-12-4-1-2-5-12/h1-11H2. The zero-order chi connectivity index (χ0) is 10.1. The highest BCUT2D eigenvalue weighted by molar-refractivity contribution is 4.64. The summed E-state index contributed by atoms with van der Waals surface area (Å²) in [5, 5.41) is 0. The van der Waals surface area contributed by atoms with Crippen LogP contribution in [-0.4, -0.2) is 57.5 Å². The fraction of sp³-hybridized carbons (Fsp3) is 1.00. The van der Waals surface area contributed by atoms with E-state index in [1.54, 1.807) is 0 Å². The van der Waals surface area contributed by atoms with Crippen molar-refractivity contribution in [1.29, 1.82) is 0 Å². The minimum absolute atomic E-state index is 0.591. The lowest BCUT2D eigenvalue weighted by Crippen LogP contribution is -2.24. The summed E-state index contributed by atoms with van der Waals surface area (Å²) in [5.41, 5.74) is 5.28. The van der Waals surface area contributed by atoms with Crippen molar-refractivity contribution >= 4 is 0 Å². The van der Waals surface area contributed by atoms with E-state index < -0.39 is 0 Å². The highest BCUT2D eigenvalue weighted by Gasteiger charge is 2.09. The minimum Gasteiger partial charge on any atom is -0.378 e. The zero-order valence-electron chi connectivity index (χ0n) is 8.91. The topological polar surface area (TPSA) is 47.7 Å². The summed E-state index contributed by atoms with van der Waals surface area (Å²) in [6.07, 6.45) is 2.69. The third-order valence-corrected chi connectivity index (χ3v) is 2.38. The maximum Gasteiger partial charge on any atom is 0.0701 e. The molecule has 0 bridgehead atoms. The Morgan fingerprint density at radius 3 is 2.21 bits per heavy atom. The molecule has 2 N–H and O–H groups in total. The second-order valence-electron chi connectivity index (χ2n) is 3.56. The first kappa shape index (κ1) is 11.9. The van der Waals surface area contributed by atoms with Gasteiger partial charge in [-0.2, -0.15) is 0 Å². The van der Waals surface area contributed by atoms with Crippen LogP contribution in [0.2, 0.25) is 0 Å². The number of likely N-dealkylation sites (tertiary alicyclic amines) is 1. The van der Waals surface area contributed by atoms with E-state index in [0.717, 1.165) is 13.2 Å². The molecule has 14 heavy (non-hydrogen) atoms. The van der Waals surface area contributed by atoms with Crippen LogP contribution in [0.25, 0.3) is 0 Å². The summed E-state index contributed by atoms with van der Waals surface area (Å²) in [4.78, 5) is 2.45. The van der Waals surface area contributed by atoms with Crippen LogP contribution in [0.5, 0.6) is 0 Å². The Labute approximate surface area is 86.3 Å². The van der Waals surface area contributed by atoms with Gasteiger partial charge in [-0.1, -0.05) is 0 Å². The molecule has 0 aliphatic carbocycles. The van der Waals surface area contributed by atoms with Crippen LogP contribution in [-0.2, 0) is 9.47 Å². The molecule has 1 aliphatic heterocycles. The molecule has 0 radical (unpaired) electrons. The molecule has 0 aromatic rings. The van der Waals surface area contributed by atoms with Crippen molar-refractivity contribution in [3.8, 4) is 0 Å². The maximum atomic E-state index is 5.43. The maximum absolute atomic E-state index is 5.43. The molecule has 0 aromatic carbocycles. The van der Waals surface area contributed by atoms with Crippen molar-refractivity contribution in [1.82, 2.24) is 4.90 Å².